The normalized spacial score (nSPS) is 26.5. The van der Waals surface area contributed by atoms with Crippen LogP contribution in [0.2, 0.25) is 0 Å². The summed E-state index contributed by atoms with van der Waals surface area (Å²) < 4.78 is -2.01. The molecule has 0 aromatic heterocycles. The fraction of sp³-hybridized carbons (Fsp3) is 0.267. The molecule has 0 saturated carbocycles. The number of hydrogen-bond acceptors (Lipinski definition) is 2. The van der Waals surface area contributed by atoms with E-state index < -0.39 is 20.9 Å². The van der Waals surface area contributed by atoms with Gasteiger partial charge in [0.05, 0.1) is 10.7 Å². The van der Waals surface area contributed by atoms with Gasteiger partial charge in [-0.2, -0.15) is 0 Å². The molecule has 1 aliphatic carbocycles. The maximum atomic E-state index is 12.3. The molecule has 1 unspecified atom stereocenters. The molecule has 7 heteroatoms. The fourth-order valence-electron chi connectivity index (χ4n) is 2.06. The summed E-state index contributed by atoms with van der Waals surface area (Å²) in [5.74, 6) is -1.23. The number of hydrogen-bond donors (Lipinski definition) is 0. The second-order valence-corrected chi connectivity index (χ2v) is 7.44. The molecule has 22 heavy (non-hydrogen) atoms. The van der Waals surface area contributed by atoms with Gasteiger partial charge < -0.3 is 0 Å². The third-order valence-corrected chi connectivity index (χ3v) is 5.65. The van der Waals surface area contributed by atoms with E-state index in [2.05, 4.69) is 4.99 Å². The third-order valence-electron chi connectivity index (χ3n) is 3.44. The predicted molar refractivity (Wildman–Crippen MR) is 90.5 cm³/mol. The van der Waals surface area contributed by atoms with Crippen molar-refractivity contribution in [3.63, 3.8) is 0 Å². The largest absolute Gasteiger partial charge is 0.290 e. The average Bonchev–Trinajstić information content (AvgIpc) is 2.49. The van der Waals surface area contributed by atoms with Crippen molar-refractivity contribution in [1.82, 2.24) is 0 Å². The van der Waals surface area contributed by atoms with E-state index in [0.29, 0.717) is 5.56 Å². The standard InChI is InChI=1S/C15H11Cl4NO2/c1-8-10(16)12(21)15(18,19)14(2,17)11(8)20-13(22)9-6-4-3-5-7-9/h3-7H,1-2H3. The van der Waals surface area contributed by atoms with Crippen molar-refractivity contribution in [2.45, 2.75) is 23.1 Å². The first kappa shape index (κ1) is 17.5. The highest BCUT2D eigenvalue weighted by atomic mass is 35.5. The summed E-state index contributed by atoms with van der Waals surface area (Å²) in [5.41, 5.74) is 0.737. The van der Waals surface area contributed by atoms with Gasteiger partial charge in [0.1, 0.15) is 4.87 Å². The molecule has 2 rings (SSSR count). The zero-order valence-electron chi connectivity index (χ0n) is 11.7. The summed E-state index contributed by atoms with van der Waals surface area (Å²) in [6, 6.07) is 8.42. The first-order valence-corrected chi connectivity index (χ1v) is 7.78. The molecule has 1 atom stereocenters. The van der Waals surface area contributed by atoms with Gasteiger partial charge in [-0.05, 0) is 31.6 Å². The molecule has 0 N–H and O–H groups in total. The van der Waals surface area contributed by atoms with Crippen molar-refractivity contribution < 1.29 is 9.59 Å². The zero-order valence-corrected chi connectivity index (χ0v) is 14.7. The van der Waals surface area contributed by atoms with E-state index in [4.69, 9.17) is 46.4 Å². The number of ketones is 1. The van der Waals surface area contributed by atoms with Crippen LogP contribution in [0.4, 0.5) is 0 Å². The van der Waals surface area contributed by atoms with Crippen LogP contribution >= 0.6 is 46.4 Å². The monoisotopic (exact) mass is 377 g/mol. The number of carbonyl (C=O) groups is 2. The second kappa shape index (κ2) is 5.97. The Labute approximate surface area is 147 Å². The molecule has 116 valence electrons. The lowest BCUT2D eigenvalue weighted by Gasteiger charge is -2.38. The van der Waals surface area contributed by atoms with Gasteiger partial charge in [0.25, 0.3) is 5.91 Å². The third kappa shape index (κ3) is 2.71. The first-order valence-electron chi connectivity index (χ1n) is 6.27. The molecule has 0 aliphatic heterocycles. The number of rotatable bonds is 1. The van der Waals surface area contributed by atoms with Crippen LogP contribution in [-0.2, 0) is 4.79 Å². The van der Waals surface area contributed by atoms with E-state index in [1.807, 2.05) is 0 Å². The quantitative estimate of drug-likeness (QED) is 0.673. The van der Waals surface area contributed by atoms with E-state index in [1.54, 1.807) is 37.3 Å². The van der Waals surface area contributed by atoms with E-state index in [9.17, 15) is 9.59 Å². The molecule has 1 amide bonds. The van der Waals surface area contributed by atoms with Gasteiger partial charge >= 0.3 is 0 Å². The Morgan fingerprint density at radius 2 is 1.68 bits per heavy atom. The number of benzene rings is 1. The molecule has 1 aliphatic rings. The van der Waals surface area contributed by atoms with Gasteiger partial charge in [-0.3, -0.25) is 9.59 Å². The molecule has 1 aromatic carbocycles. The van der Waals surface area contributed by atoms with E-state index >= 15 is 0 Å². The van der Waals surface area contributed by atoms with Gasteiger partial charge in [0.15, 0.2) is 0 Å². The molecule has 3 nitrogen and oxygen atoms in total. The Hall–Kier alpha value is -0.870. The van der Waals surface area contributed by atoms with Crippen molar-refractivity contribution in [3.05, 3.63) is 46.5 Å². The minimum absolute atomic E-state index is 0.0811. The SMILES string of the molecule is CC1=C(Cl)C(=O)C(Cl)(Cl)C(C)(Cl)C1=NC(=O)c1ccccc1. The molecular formula is C15H11Cl4NO2. The lowest BCUT2D eigenvalue weighted by molar-refractivity contribution is -0.116. The van der Waals surface area contributed by atoms with E-state index in [-0.39, 0.29) is 16.3 Å². The summed E-state index contributed by atoms with van der Waals surface area (Å²) in [6.45, 7) is 2.97. The Bertz CT molecular complexity index is 706. The first-order chi connectivity index (χ1) is 10.1. The number of carbonyl (C=O) groups excluding carboxylic acids is 2. The molecule has 0 saturated heterocycles. The predicted octanol–water partition coefficient (Wildman–Crippen LogP) is 4.53. The molecule has 0 fully saturated rings. The smallest absolute Gasteiger partial charge is 0.277 e. The van der Waals surface area contributed by atoms with Gasteiger partial charge in [-0.1, -0.05) is 53.0 Å². The highest BCUT2D eigenvalue weighted by Gasteiger charge is 2.58. The summed E-state index contributed by atoms with van der Waals surface area (Å²) >= 11 is 24.5. The van der Waals surface area contributed by atoms with Crippen LogP contribution in [0, 0.1) is 0 Å². The van der Waals surface area contributed by atoms with Crippen molar-refractivity contribution >= 4 is 63.8 Å². The summed E-state index contributed by atoms with van der Waals surface area (Å²) in [7, 11) is 0. The van der Waals surface area contributed by atoms with Crippen molar-refractivity contribution in [3.8, 4) is 0 Å². The Balaban J connectivity index is 2.60. The maximum absolute atomic E-state index is 12.3. The molecule has 0 radical (unpaired) electrons. The van der Waals surface area contributed by atoms with Gasteiger partial charge in [0.2, 0.25) is 10.1 Å². The minimum atomic E-state index is -2.01. The van der Waals surface area contributed by atoms with Crippen LogP contribution in [0.1, 0.15) is 24.2 Å². The van der Waals surface area contributed by atoms with Crippen LogP contribution in [0.25, 0.3) is 0 Å². The highest BCUT2D eigenvalue weighted by molar-refractivity contribution is 6.72. The van der Waals surface area contributed by atoms with Gasteiger partial charge in [0, 0.05) is 5.56 Å². The van der Waals surface area contributed by atoms with Crippen LogP contribution in [0.15, 0.2) is 45.9 Å². The van der Waals surface area contributed by atoms with Gasteiger partial charge in [-0.15, -0.1) is 11.6 Å². The fourth-order valence-corrected chi connectivity index (χ4v) is 3.03. The lowest BCUT2D eigenvalue weighted by atomic mass is 9.85. The number of halogens is 4. The summed E-state index contributed by atoms with van der Waals surface area (Å²) in [6.07, 6.45) is 0. The van der Waals surface area contributed by atoms with Crippen molar-refractivity contribution in [1.29, 1.82) is 0 Å². The van der Waals surface area contributed by atoms with E-state index in [1.165, 1.54) is 6.92 Å². The van der Waals surface area contributed by atoms with Crippen molar-refractivity contribution in [2.24, 2.45) is 4.99 Å². The molecule has 0 heterocycles. The number of allylic oxidation sites excluding steroid dienone is 2. The topological polar surface area (TPSA) is 46.5 Å². The number of amides is 1. The highest BCUT2D eigenvalue weighted by Crippen LogP contribution is 2.48. The molecular weight excluding hydrogens is 368 g/mol. The number of aliphatic imine (C=N–C) groups is 1. The van der Waals surface area contributed by atoms with Crippen LogP contribution < -0.4 is 0 Å². The molecule has 1 aromatic rings. The molecule has 0 bridgehead atoms. The zero-order chi connectivity index (χ0) is 16.7. The Morgan fingerprint density at radius 1 is 1.14 bits per heavy atom. The molecule has 0 spiro atoms. The summed E-state index contributed by atoms with van der Waals surface area (Å²) in [4.78, 5) is 26.8. The van der Waals surface area contributed by atoms with Crippen LogP contribution in [0.3, 0.4) is 0 Å². The van der Waals surface area contributed by atoms with Crippen LogP contribution in [-0.4, -0.2) is 26.6 Å². The summed E-state index contributed by atoms with van der Waals surface area (Å²) in [5, 5.41) is -0.178. The number of nitrogens with zero attached hydrogens (tertiary/aromatic N) is 1. The Morgan fingerprint density at radius 3 is 2.23 bits per heavy atom. The number of Topliss-reactive ketones (excluding diaryl/α,β-unsaturated/α-hetero) is 1. The maximum Gasteiger partial charge on any atom is 0.277 e. The average molecular weight is 379 g/mol. The van der Waals surface area contributed by atoms with Crippen molar-refractivity contribution in [2.75, 3.05) is 0 Å². The lowest BCUT2D eigenvalue weighted by Crippen LogP contribution is -2.55. The Kier molecular flexibility index (Phi) is 4.74. The second-order valence-electron chi connectivity index (χ2n) is 4.98. The number of alkyl halides is 3. The van der Waals surface area contributed by atoms with Crippen LogP contribution in [0.5, 0.6) is 0 Å². The van der Waals surface area contributed by atoms with E-state index in [0.717, 1.165) is 0 Å². The minimum Gasteiger partial charge on any atom is -0.290 e. The van der Waals surface area contributed by atoms with Gasteiger partial charge in [-0.25, -0.2) is 4.99 Å².